The minimum atomic E-state index is -4.33. The van der Waals surface area contributed by atoms with Crippen molar-refractivity contribution in [1.29, 1.82) is 0 Å². The lowest BCUT2D eigenvalue weighted by Gasteiger charge is -2.33. The number of piperidine rings is 2. The first-order chi connectivity index (χ1) is 15.8. The second-order valence-corrected chi connectivity index (χ2v) is 9.37. The molecule has 0 spiro atoms. The molecule has 2 aromatic rings. The molecule has 2 N–H and O–H groups in total. The molecule has 1 amide bonds. The van der Waals surface area contributed by atoms with Gasteiger partial charge in [-0.05, 0) is 43.2 Å². The average molecular weight is 464 g/mol. The van der Waals surface area contributed by atoms with Crippen molar-refractivity contribution < 1.29 is 18.0 Å². The first-order valence-corrected chi connectivity index (χ1v) is 11.5. The Balaban J connectivity index is 1.09. The highest BCUT2D eigenvalue weighted by atomic mass is 19.4. The molecule has 4 heterocycles. The number of nitrogens with zero attached hydrogens (tertiary/aromatic N) is 5. The summed E-state index contributed by atoms with van der Waals surface area (Å²) in [6.07, 6.45) is 0.236. The van der Waals surface area contributed by atoms with Crippen LogP contribution in [0.25, 0.3) is 11.0 Å². The molecule has 1 saturated carbocycles. The zero-order valence-corrected chi connectivity index (χ0v) is 18.3. The Bertz CT molecular complexity index is 999. The minimum Gasteiger partial charge on any atom is -0.361 e. The molecule has 1 aliphatic carbocycles. The molecule has 2 saturated heterocycles. The summed E-state index contributed by atoms with van der Waals surface area (Å²) < 4.78 is 37.1. The number of alkyl halides is 3. The molecule has 11 heteroatoms. The fraction of sp³-hybridized carbons (Fsp3) is 0.636. The van der Waals surface area contributed by atoms with Crippen molar-refractivity contribution in [1.82, 2.24) is 30.1 Å². The fourth-order valence-corrected chi connectivity index (χ4v) is 4.83. The molecule has 178 valence electrons. The maximum absolute atomic E-state index is 12.6. The largest absolute Gasteiger partial charge is 0.405 e. The van der Waals surface area contributed by atoms with Crippen LogP contribution in [0.15, 0.2) is 18.3 Å². The maximum atomic E-state index is 12.6. The molecule has 2 atom stereocenters. The molecule has 0 aromatic carbocycles. The summed E-state index contributed by atoms with van der Waals surface area (Å²) in [5, 5.41) is 5.24. The number of carbonyl (C=O) groups excluding carboxylic acids is 1. The number of aromatic nitrogens is 3. The zero-order chi connectivity index (χ0) is 23.0. The number of nitrogens with one attached hydrogen (secondary N) is 2. The molecule has 5 rings (SSSR count). The highest BCUT2D eigenvalue weighted by molar-refractivity contribution is 5.92. The molecule has 2 aromatic heterocycles. The summed E-state index contributed by atoms with van der Waals surface area (Å²) in [6.45, 7) is 5.50. The van der Waals surface area contributed by atoms with E-state index in [1.807, 2.05) is 0 Å². The Labute approximate surface area is 190 Å². The monoisotopic (exact) mass is 463 g/mol. The van der Waals surface area contributed by atoms with E-state index in [0.29, 0.717) is 11.0 Å². The van der Waals surface area contributed by atoms with Gasteiger partial charge in [0, 0.05) is 45.3 Å². The Morgan fingerprint density at radius 3 is 2.48 bits per heavy atom. The summed E-state index contributed by atoms with van der Waals surface area (Å²) in [7, 11) is 0. The summed E-state index contributed by atoms with van der Waals surface area (Å²) >= 11 is 0. The Kier molecular flexibility index (Phi) is 6.09. The third-order valence-electron chi connectivity index (χ3n) is 6.82. The number of hydrogen-bond acceptors (Lipinski definition) is 7. The minimum absolute atomic E-state index is 0.0373. The van der Waals surface area contributed by atoms with Crippen LogP contribution in [0.2, 0.25) is 0 Å². The number of rotatable bonds is 7. The molecular weight excluding hydrogens is 435 g/mol. The van der Waals surface area contributed by atoms with Gasteiger partial charge in [0.1, 0.15) is 17.9 Å². The van der Waals surface area contributed by atoms with E-state index < -0.39 is 12.7 Å². The van der Waals surface area contributed by atoms with Crippen molar-refractivity contribution >= 4 is 22.8 Å². The van der Waals surface area contributed by atoms with Crippen LogP contribution in [0.3, 0.4) is 0 Å². The topological polar surface area (TPSA) is 86.3 Å². The Hall–Kier alpha value is -2.53. The highest BCUT2D eigenvalue weighted by Crippen LogP contribution is 2.44. The lowest BCUT2D eigenvalue weighted by Crippen LogP contribution is -2.46. The van der Waals surface area contributed by atoms with Gasteiger partial charge in [0.25, 0.3) is 5.91 Å². The molecule has 3 aliphatic rings. The van der Waals surface area contributed by atoms with E-state index in [0.717, 1.165) is 50.9 Å². The summed E-state index contributed by atoms with van der Waals surface area (Å²) in [4.78, 5) is 30.1. The van der Waals surface area contributed by atoms with Gasteiger partial charge >= 0.3 is 6.18 Å². The van der Waals surface area contributed by atoms with E-state index in [4.69, 9.17) is 0 Å². The van der Waals surface area contributed by atoms with Crippen molar-refractivity contribution in [2.45, 2.75) is 31.5 Å². The van der Waals surface area contributed by atoms with Gasteiger partial charge < -0.3 is 20.4 Å². The van der Waals surface area contributed by atoms with Gasteiger partial charge in [0.05, 0.1) is 11.7 Å². The SMILES string of the molecule is O=C(NC1CCN(CCN2CC3CC3C2)CC1)c1ncc2nc(NCC(F)(F)F)ccc2n1. The highest BCUT2D eigenvalue weighted by Gasteiger charge is 2.44. The molecular formula is C22H28F3N7O. The molecule has 2 unspecified atom stereocenters. The van der Waals surface area contributed by atoms with Crippen LogP contribution >= 0.6 is 0 Å². The van der Waals surface area contributed by atoms with Crippen LogP contribution in [-0.2, 0) is 0 Å². The lowest BCUT2D eigenvalue weighted by molar-refractivity contribution is -0.115. The van der Waals surface area contributed by atoms with E-state index >= 15 is 0 Å². The first-order valence-electron chi connectivity index (χ1n) is 11.5. The maximum Gasteiger partial charge on any atom is 0.405 e. The second kappa shape index (κ2) is 9.02. The van der Waals surface area contributed by atoms with Gasteiger partial charge in [-0.25, -0.2) is 15.0 Å². The lowest BCUT2D eigenvalue weighted by atomic mass is 10.0. The number of anilines is 1. The number of likely N-dealkylation sites (tertiary alicyclic amines) is 2. The van der Waals surface area contributed by atoms with Crippen LogP contribution in [0, 0.1) is 11.8 Å². The van der Waals surface area contributed by atoms with Crippen molar-refractivity contribution in [2.75, 3.05) is 51.1 Å². The normalized spacial score (nSPS) is 24.1. The van der Waals surface area contributed by atoms with Crippen molar-refractivity contribution in [3.05, 3.63) is 24.2 Å². The van der Waals surface area contributed by atoms with Gasteiger partial charge in [0.2, 0.25) is 5.82 Å². The van der Waals surface area contributed by atoms with Crippen molar-refractivity contribution in [3.63, 3.8) is 0 Å². The Morgan fingerprint density at radius 2 is 1.76 bits per heavy atom. The van der Waals surface area contributed by atoms with Gasteiger partial charge in [-0.3, -0.25) is 4.79 Å². The third kappa shape index (κ3) is 5.70. The van der Waals surface area contributed by atoms with Gasteiger partial charge in [-0.1, -0.05) is 0 Å². The van der Waals surface area contributed by atoms with Crippen LogP contribution in [-0.4, -0.2) is 88.7 Å². The standard InChI is InChI=1S/C22H28F3N7O/c23-22(24,25)13-27-19-2-1-17-18(29-19)10-26-20(30-17)21(33)28-16-3-5-31(6-4-16)7-8-32-11-14-9-15(14)12-32/h1-2,10,14-16H,3-9,11-13H2,(H,27,29)(H,28,33). The number of carbonyl (C=O) groups is 1. The van der Waals surface area contributed by atoms with E-state index in [2.05, 4.69) is 35.4 Å². The molecule has 3 fully saturated rings. The van der Waals surface area contributed by atoms with Gasteiger partial charge in [-0.2, -0.15) is 13.2 Å². The predicted molar refractivity (Wildman–Crippen MR) is 117 cm³/mol. The first kappa shape index (κ1) is 22.3. The number of hydrogen-bond donors (Lipinski definition) is 2. The zero-order valence-electron chi connectivity index (χ0n) is 18.3. The predicted octanol–water partition coefficient (Wildman–Crippen LogP) is 2.14. The average Bonchev–Trinajstić information content (AvgIpc) is 3.41. The Morgan fingerprint density at radius 1 is 1.03 bits per heavy atom. The number of halogens is 3. The van der Waals surface area contributed by atoms with Crippen LogP contribution < -0.4 is 10.6 Å². The second-order valence-electron chi connectivity index (χ2n) is 9.37. The van der Waals surface area contributed by atoms with E-state index in [1.165, 1.54) is 37.8 Å². The summed E-state index contributed by atoms with van der Waals surface area (Å²) in [6, 6.07) is 3.02. The molecule has 0 radical (unpaired) electrons. The van der Waals surface area contributed by atoms with E-state index in [9.17, 15) is 18.0 Å². The van der Waals surface area contributed by atoms with Gasteiger partial charge in [0.15, 0.2) is 0 Å². The molecule has 33 heavy (non-hydrogen) atoms. The van der Waals surface area contributed by atoms with Gasteiger partial charge in [-0.15, -0.1) is 0 Å². The molecule has 2 aliphatic heterocycles. The molecule has 8 nitrogen and oxygen atoms in total. The smallest absolute Gasteiger partial charge is 0.361 e. The van der Waals surface area contributed by atoms with E-state index in [1.54, 1.807) is 0 Å². The quantitative estimate of drug-likeness (QED) is 0.651. The summed E-state index contributed by atoms with van der Waals surface area (Å²) in [5.74, 6) is 1.70. The van der Waals surface area contributed by atoms with Crippen LogP contribution in [0.5, 0.6) is 0 Å². The van der Waals surface area contributed by atoms with Crippen molar-refractivity contribution in [2.24, 2.45) is 11.8 Å². The third-order valence-corrected chi connectivity index (χ3v) is 6.82. The fourth-order valence-electron chi connectivity index (χ4n) is 4.83. The number of fused-ring (bicyclic) bond motifs is 2. The van der Waals surface area contributed by atoms with Crippen molar-refractivity contribution in [3.8, 4) is 0 Å². The number of amides is 1. The summed E-state index contributed by atoms with van der Waals surface area (Å²) in [5.41, 5.74) is 0.726. The van der Waals surface area contributed by atoms with Crippen LogP contribution in [0.1, 0.15) is 29.9 Å². The van der Waals surface area contributed by atoms with Crippen LogP contribution in [0.4, 0.5) is 19.0 Å². The number of pyridine rings is 1. The molecule has 0 bridgehead atoms. The van der Waals surface area contributed by atoms with E-state index in [-0.39, 0.29) is 23.6 Å².